The summed E-state index contributed by atoms with van der Waals surface area (Å²) in [6, 6.07) is 19.7. The van der Waals surface area contributed by atoms with Crippen LogP contribution in [-0.2, 0) is 6.42 Å². The molecule has 0 bridgehead atoms. The number of benzene rings is 3. The molecule has 3 aromatic rings. The van der Waals surface area contributed by atoms with E-state index in [4.69, 9.17) is 5.11 Å². The Hall–Kier alpha value is -3.01. The van der Waals surface area contributed by atoms with Crippen LogP contribution >= 0.6 is 0 Å². The molecule has 3 aromatic carbocycles. The van der Waals surface area contributed by atoms with Gasteiger partial charge in [0.15, 0.2) is 0 Å². The number of aromatic carboxylic acids is 1. The van der Waals surface area contributed by atoms with Gasteiger partial charge in [0.1, 0.15) is 17.2 Å². The Morgan fingerprint density at radius 1 is 0.923 bits per heavy atom. The highest BCUT2D eigenvalue weighted by Crippen LogP contribution is 2.26. The second kappa shape index (κ2) is 7.48. The van der Waals surface area contributed by atoms with E-state index < -0.39 is 23.2 Å². The number of carboxylic acids is 1. The first-order valence-electron chi connectivity index (χ1n) is 8.32. The lowest BCUT2D eigenvalue weighted by Crippen LogP contribution is -2.04. The zero-order valence-electron chi connectivity index (χ0n) is 14.2. The molecule has 0 spiro atoms. The van der Waals surface area contributed by atoms with Gasteiger partial charge in [0, 0.05) is 0 Å². The van der Waals surface area contributed by atoms with Gasteiger partial charge in [-0.3, -0.25) is 0 Å². The minimum absolute atomic E-state index is 0.313. The monoisotopic (exact) mass is 352 g/mol. The molecule has 0 saturated carbocycles. The van der Waals surface area contributed by atoms with Crippen molar-refractivity contribution in [1.29, 1.82) is 0 Å². The van der Waals surface area contributed by atoms with E-state index in [1.54, 1.807) is 12.1 Å². The average molecular weight is 352 g/mol. The van der Waals surface area contributed by atoms with Gasteiger partial charge in [0.25, 0.3) is 0 Å². The van der Waals surface area contributed by atoms with Crippen molar-refractivity contribution in [3.63, 3.8) is 0 Å². The third-order valence-corrected chi connectivity index (χ3v) is 4.45. The third kappa shape index (κ3) is 3.80. The van der Waals surface area contributed by atoms with Gasteiger partial charge in [-0.2, -0.15) is 0 Å². The zero-order valence-corrected chi connectivity index (χ0v) is 14.2. The molecule has 0 fully saturated rings. The van der Waals surface area contributed by atoms with Crippen LogP contribution in [0.25, 0.3) is 11.1 Å². The first-order valence-corrected chi connectivity index (χ1v) is 8.32. The Morgan fingerprint density at radius 2 is 1.50 bits per heavy atom. The second-order valence-electron chi connectivity index (χ2n) is 6.33. The van der Waals surface area contributed by atoms with Gasteiger partial charge in [-0.05, 0) is 46.7 Å². The maximum atomic E-state index is 13.9. The van der Waals surface area contributed by atoms with Crippen molar-refractivity contribution >= 4 is 5.97 Å². The van der Waals surface area contributed by atoms with E-state index >= 15 is 0 Å². The highest BCUT2D eigenvalue weighted by molar-refractivity contribution is 5.89. The Morgan fingerprint density at radius 3 is 2.04 bits per heavy atom. The molecule has 0 aliphatic carbocycles. The fourth-order valence-electron chi connectivity index (χ4n) is 3.03. The summed E-state index contributed by atoms with van der Waals surface area (Å²) in [6.07, 6.45) is 0.852. The molecule has 0 saturated heterocycles. The molecule has 2 nitrogen and oxygen atoms in total. The Balaban J connectivity index is 1.81. The van der Waals surface area contributed by atoms with E-state index in [0.29, 0.717) is 17.0 Å². The summed E-state index contributed by atoms with van der Waals surface area (Å²) in [7, 11) is 0. The van der Waals surface area contributed by atoms with Gasteiger partial charge in [0.05, 0.1) is 0 Å². The SMILES string of the molecule is CC(Cc1ccc(-c2cc(F)c(C(=O)O)c(F)c2)cc1)c1ccccc1. The molecule has 3 rings (SSSR count). The van der Waals surface area contributed by atoms with Crippen LogP contribution in [0.3, 0.4) is 0 Å². The van der Waals surface area contributed by atoms with Crippen LogP contribution in [0.5, 0.6) is 0 Å². The smallest absolute Gasteiger partial charge is 0.341 e. The highest BCUT2D eigenvalue weighted by atomic mass is 19.1. The van der Waals surface area contributed by atoms with E-state index in [2.05, 4.69) is 19.1 Å². The first-order chi connectivity index (χ1) is 12.5. The number of hydrogen-bond acceptors (Lipinski definition) is 1. The topological polar surface area (TPSA) is 37.3 Å². The molecular formula is C22H18F2O2. The van der Waals surface area contributed by atoms with Crippen LogP contribution in [0, 0.1) is 11.6 Å². The van der Waals surface area contributed by atoms with Crippen molar-refractivity contribution in [3.8, 4) is 11.1 Å². The molecular weight excluding hydrogens is 334 g/mol. The minimum atomic E-state index is -1.61. The second-order valence-corrected chi connectivity index (χ2v) is 6.33. The molecule has 4 heteroatoms. The summed E-state index contributed by atoms with van der Waals surface area (Å²) in [5.74, 6) is -3.41. The Bertz CT molecular complexity index is 896. The van der Waals surface area contributed by atoms with Crippen molar-refractivity contribution in [2.24, 2.45) is 0 Å². The minimum Gasteiger partial charge on any atom is -0.477 e. The molecule has 0 aliphatic heterocycles. The van der Waals surface area contributed by atoms with Crippen LogP contribution in [0.15, 0.2) is 66.7 Å². The summed E-state index contributed by atoms with van der Waals surface area (Å²) < 4.78 is 27.7. The molecule has 0 aliphatic rings. The van der Waals surface area contributed by atoms with Crippen LogP contribution in [0.2, 0.25) is 0 Å². The molecule has 0 amide bonds. The van der Waals surface area contributed by atoms with Gasteiger partial charge < -0.3 is 5.11 Å². The Kier molecular flexibility index (Phi) is 5.12. The van der Waals surface area contributed by atoms with Crippen LogP contribution in [-0.4, -0.2) is 11.1 Å². The van der Waals surface area contributed by atoms with Gasteiger partial charge in [-0.15, -0.1) is 0 Å². The summed E-state index contributed by atoms with van der Waals surface area (Å²) in [4.78, 5) is 10.9. The van der Waals surface area contributed by atoms with Crippen molar-refractivity contribution in [2.45, 2.75) is 19.3 Å². The maximum absolute atomic E-state index is 13.9. The van der Waals surface area contributed by atoms with Crippen molar-refractivity contribution < 1.29 is 18.7 Å². The van der Waals surface area contributed by atoms with E-state index in [1.165, 1.54) is 5.56 Å². The van der Waals surface area contributed by atoms with Crippen LogP contribution < -0.4 is 0 Å². The first kappa shape index (κ1) is 17.8. The molecule has 0 radical (unpaired) electrons. The predicted octanol–water partition coefficient (Wildman–Crippen LogP) is 5.68. The van der Waals surface area contributed by atoms with Crippen LogP contribution in [0.4, 0.5) is 8.78 Å². The zero-order chi connectivity index (χ0) is 18.7. The van der Waals surface area contributed by atoms with Gasteiger partial charge in [-0.25, -0.2) is 13.6 Å². The molecule has 0 aromatic heterocycles. The number of rotatable bonds is 5. The van der Waals surface area contributed by atoms with Gasteiger partial charge >= 0.3 is 5.97 Å². The van der Waals surface area contributed by atoms with Crippen molar-refractivity contribution in [2.75, 3.05) is 0 Å². The normalized spacial score (nSPS) is 12.0. The van der Waals surface area contributed by atoms with E-state index in [1.807, 2.05) is 30.3 Å². The lowest BCUT2D eigenvalue weighted by Gasteiger charge is -2.12. The Labute approximate surface area is 150 Å². The fourth-order valence-corrected chi connectivity index (χ4v) is 3.03. The number of halogens is 2. The summed E-state index contributed by atoms with van der Waals surface area (Å²) in [5, 5.41) is 8.84. The standard InChI is InChI=1S/C22H18F2O2/c1-14(16-5-3-2-4-6-16)11-15-7-9-17(10-8-15)18-12-19(23)21(22(25)26)20(24)13-18/h2-10,12-14H,11H2,1H3,(H,25,26). The number of carboxylic acid groups (broad SMARTS) is 1. The molecule has 1 atom stereocenters. The number of hydrogen-bond donors (Lipinski definition) is 1. The van der Waals surface area contributed by atoms with Gasteiger partial charge in [0.2, 0.25) is 0 Å². The maximum Gasteiger partial charge on any atom is 0.341 e. The molecule has 1 N–H and O–H groups in total. The quantitative estimate of drug-likeness (QED) is 0.642. The molecule has 26 heavy (non-hydrogen) atoms. The van der Waals surface area contributed by atoms with Crippen molar-refractivity contribution in [1.82, 2.24) is 0 Å². The lowest BCUT2D eigenvalue weighted by molar-refractivity contribution is 0.0686. The predicted molar refractivity (Wildman–Crippen MR) is 97.3 cm³/mol. The molecule has 0 heterocycles. The summed E-state index contributed by atoms with van der Waals surface area (Å²) >= 11 is 0. The third-order valence-electron chi connectivity index (χ3n) is 4.45. The van der Waals surface area contributed by atoms with Crippen LogP contribution in [0.1, 0.15) is 34.3 Å². The largest absolute Gasteiger partial charge is 0.477 e. The fraction of sp³-hybridized carbons (Fsp3) is 0.136. The van der Waals surface area contributed by atoms with E-state index in [-0.39, 0.29) is 0 Å². The van der Waals surface area contributed by atoms with E-state index in [0.717, 1.165) is 24.1 Å². The molecule has 1 unspecified atom stereocenters. The lowest BCUT2D eigenvalue weighted by atomic mass is 9.93. The van der Waals surface area contributed by atoms with Crippen molar-refractivity contribution in [3.05, 3.63) is 95.1 Å². The van der Waals surface area contributed by atoms with E-state index in [9.17, 15) is 13.6 Å². The summed E-state index contributed by atoms with van der Waals surface area (Å²) in [5.41, 5.74) is 2.39. The van der Waals surface area contributed by atoms with Gasteiger partial charge in [-0.1, -0.05) is 61.5 Å². The average Bonchev–Trinajstić information content (AvgIpc) is 2.62. The summed E-state index contributed by atoms with van der Waals surface area (Å²) in [6.45, 7) is 2.15. The number of carbonyl (C=O) groups is 1. The highest BCUT2D eigenvalue weighted by Gasteiger charge is 2.18. The molecule has 132 valence electrons.